The number of carbonyl (C=O) groups is 1. The lowest BCUT2D eigenvalue weighted by atomic mass is 9.97. The number of thioether (sulfide) groups is 1. The molecule has 1 heterocycles. The Morgan fingerprint density at radius 2 is 1.74 bits per heavy atom. The molecule has 0 bridgehead atoms. The van der Waals surface area contributed by atoms with Crippen LogP contribution >= 0.6 is 11.8 Å². The predicted octanol–water partition coefficient (Wildman–Crippen LogP) is 7.21. The molecule has 1 N–H and O–H groups in total. The van der Waals surface area contributed by atoms with Gasteiger partial charge in [-0.25, -0.2) is 4.98 Å². The lowest BCUT2D eigenvalue weighted by Crippen LogP contribution is -1.98. The Morgan fingerprint density at radius 3 is 2.45 bits per heavy atom. The first kappa shape index (κ1) is 20.9. The number of Topliss-reactive ketones (excluding diaryl/α,β-unsaturated/α-hetero) is 1. The van der Waals surface area contributed by atoms with Crippen LogP contribution in [-0.4, -0.2) is 21.3 Å². The fraction of sp³-hybridized carbons (Fsp3) is 0.0833. The summed E-state index contributed by atoms with van der Waals surface area (Å²) in [6.45, 7) is 1.55. The summed E-state index contributed by atoms with van der Waals surface area (Å²) in [5.41, 5.74) is 0.510. The molecule has 0 amide bonds. The molecule has 0 radical (unpaired) electrons. The predicted molar refractivity (Wildman–Crippen MR) is 119 cm³/mol. The number of halogens is 3. The minimum Gasteiger partial charge on any atom is -0.338 e. The van der Waals surface area contributed by atoms with Gasteiger partial charge in [0, 0.05) is 10.5 Å². The zero-order valence-electron chi connectivity index (χ0n) is 16.4. The molecule has 1 aromatic heterocycles. The summed E-state index contributed by atoms with van der Waals surface area (Å²) in [5, 5.41) is 0. The number of alkyl halides is 3. The second-order valence-corrected chi connectivity index (χ2v) is 8.04. The molecule has 0 saturated carbocycles. The Hall–Kier alpha value is -3.32. The number of aromatic amines is 1. The Kier molecular flexibility index (Phi) is 5.69. The first-order valence-electron chi connectivity index (χ1n) is 9.42. The molecule has 0 aliphatic carbocycles. The molecule has 31 heavy (non-hydrogen) atoms. The highest BCUT2D eigenvalue weighted by Crippen LogP contribution is 2.36. The van der Waals surface area contributed by atoms with Gasteiger partial charge >= 0.3 is 5.51 Å². The van der Waals surface area contributed by atoms with Crippen LogP contribution in [0.2, 0.25) is 0 Å². The molecule has 4 aromatic rings. The minimum absolute atomic E-state index is 0.00332. The van der Waals surface area contributed by atoms with E-state index in [0.717, 1.165) is 27.7 Å². The van der Waals surface area contributed by atoms with E-state index in [1.807, 2.05) is 42.5 Å². The highest BCUT2D eigenvalue weighted by atomic mass is 32.2. The van der Waals surface area contributed by atoms with Crippen LogP contribution in [-0.2, 0) is 0 Å². The zero-order valence-corrected chi connectivity index (χ0v) is 17.2. The molecule has 156 valence electrons. The molecular weight excluding hydrogens is 421 g/mol. The second kappa shape index (κ2) is 8.43. The third-order valence-electron chi connectivity index (χ3n) is 4.66. The van der Waals surface area contributed by atoms with Crippen LogP contribution < -0.4 is 0 Å². The van der Waals surface area contributed by atoms with E-state index >= 15 is 0 Å². The van der Waals surface area contributed by atoms with E-state index in [9.17, 15) is 18.0 Å². The number of rotatable bonds is 5. The van der Waals surface area contributed by atoms with Crippen molar-refractivity contribution in [1.29, 1.82) is 0 Å². The molecule has 7 heteroatoms. The van der Waals surface area contributed by atoms with Gasteiger partial charge in [0.15, 0.2) is 5.78 Å². The molecule has 3 aromatic carbocycles. The average molecular weight is 438 g/mol. The van der Waals surface area contributed by atoms with Crippen LogP contribution in [0.3, 0.4) is 0 Å². The number of aromatic nitrogens is 2. The summed E-state index contributed by atoms with van der Waals surface area (Å²) in [6.07, 6.45) is 3.56. The fourth-order valence-corrected chi connectivity index (χ4v) is 3.81. The van der Waals surface area contributed by atoms with Gasteiger partial charge in [0.25, 0.3) is 0 Å². The summed E-state index contributed by atoms with van der Waals surface area (Å²) in [7, 11) is 0. The third-order valence-corrected chi connectivity index (χ3v) is 5.40. The number of ketones is 1. The van der Waals surface area contributed by atoms with Gasteiger partial charge in [0.05, 0.1) is 11.0 Å². The van der Waals surface area contributed by atoms with Crippen LogP contribution in [0.4, 0.5) is 13.2 Å². The van der Waals surface area contributed by atoms with Crippen molar-refractivity contribution in [1.82, 2.24) is 9.97 Å². The van der Waals surface area contributed by atoms with E-state index in [1.54, 1.807) is 31.2 Å². The maximum Gasteiger partial charge on any atom is 0.446 e. The van der Waals surface area contributed by atoms with Crippen molar-refractivity contribution < 1.29 is 18.0 Å². The van der Waals surface area contributed by atoms with Gasteiger partial charge in [-0.05, 0) is 65.7 Å². The van der Waals surface area contributed by atoms with E-state index in [2.05, 4.69) is 9.97 Å². The molecule has 0 unspecified atom stereocenters. The van der Waals surface area contributed by atoms with Gasteiger partial charge in [0.1, 0.15) is 5.82 Å². The molecule has 0 aliphatic heterocycles. The number of H-pyrrole nitrogens is 1. The molecule has 0 atom stereocenters. The normalized spacial score (nSPS) is 12.0. The van der Waals surface area contributed by atoms with Crippen molar-refractivity contribution in [3.63, 3.8) is 0 Å². The summed E-state index contributed by atoms with van der Waals surface area (Å²) in [5.74, 6) is 0.629. The van der Waals surface area contributed by atoms with Crippen molar-refractivity contribution in [3.8, 4) is 11.1 Å². The Bertz CT molecular complexity index is 1270. The highest BCUT2D eigenvalue weighted by Gasteiger charge is 2.28. The zero-order chi connectivity index (χ0) is 22.0. The van der Waals surface area contributed by atoms with E-state index in [4.69, 9.17) is 0 Å². The van der Waals surface area contributed by atoms with Crippen molar-refractivity contribution in [2.45, 2.75) is 17.3 Å². The van der Waals surface area contributed by atoms with Crippen molar-refractivity contribution >= 4 is 40.7 Å². The lowest BCUT2D eigenvalue weighted by Gasteiger charge is -2.06. The van der Waals surface area contributed by atoms with Gasteiger partial charge in [-0.2, -0.15) is 13.2 Å². The van der Waals surface area contributed by atoms with Gasteiger partial charge in [-0.1, -0.05) is 48.5 Å². The van der Waals surface area contributed by atoms with E-state index in [0.29, 0.717) is 11.4 Å². The van der Waals surface area contributed by atoms with Crippen molar-refractivity contribution in [2.24, 2.45) is 0 Å². The maximum absolute atomic E-state index is 12.4. The van der Waals surface area contributed by atoms with Crippen LogP contribution in [0.5, 0.6) is 0 Å². The average Bonchev–Trinajstić information content (AvgIpc) is 3.14. The Labute approximate surface area is 181 Å². The van der Waals surface area contributed by atoms with Crippen molar-refractivity contribution in [2.75, 3.05) is 0 Å². The number of nitrogens with zero attached hydrogens (tertiary/aromatic N) is 1. The molecule has 3 nitrogen and oxygen atoms in total. The SMILES string of the molecule is CC(=O)c1ccccc1-c1ccc2nc(C=Cc3ccc(SC(F)(F)F)cc3)[nH]c2c1. The fourth-order valence-electron chi connectivity index (χ4n) is 3.27. The Balaban J connectivity index is 1.57. The minimum atomic E-state index is -4.30. The number of imidazole rings is 1. The molecular formula is C24H17F3N2OS. The number of carbonyl (C=O) groups excluding carboxylic acids is 1. The van der Waals surface area contributed by atoms with E-state index < -0.39 is 5.51 Å². The van der Waals surface area contributed by atoms with Crippen LogP contribution in [0.15, 0.2) is 71.6 Å². The second-order valence-electron chi connectivity index (χ2n) is 6.91. The number of hydrogen-bond donors (Lipinski definition) is 1. The first-order chi connectivity index (χ1) is 14.8. The number of fused-ring (bicyclic) bond motifs is 1. The molecule has 0 aliphatic rings. The van der Waals surface area contributed by atoms with E-state index in [-0.39, 0.29) is 22.4 Å². The smallest absolute Gasteiger partial charge is 0.338 e. The highest BCUT2D eigenvalue weighted by molar-refractivity contribution is 8.00. The molecule has 0 fully saturated rings. The van der Waals surface area contributed by atoms with Crippen LogP contribution in [0, 0.1) is 0 Å². The number of nitrogens with one attached hydrogen (secondary N) is 1. The molecule has 0 saturated heterocycles. The van der Waals surface area contributed by atoms with Crippen LogP contribution in [0.25, 0.3) is 34.3 Å². The maximum atomic E-state index is 12.4. The third kappa shape index (κ3) is 5.06. The monoisotopic (exact) mass is 438 g/mol. The summed E-state index contributed by atoms with van der Waals surface area (Å²) >= 11 is -0.135. The topological polar surface area (TPSA) is 45.8 Å². The summed E-state index contributed by atoms with van der Waals surface area (Å²) in [4.78, 5) is 19.8. The van der Waals surface area contributed by atoms with Gasteiger partial charge in [0.2, 0.25) is 0 Å². The summed E-state index contributed by atoms with van der Waals surface area (Å²) < 4.78 is 37.3. The van der Waals surface area contributed by atoms with E-state index in [1.165, 1.54) is 12.1 Å². The van der Waals surface area contributed by atoms with Gasteiger partial charge in [-0.3, -0.25) is 4.79 Å². The number of benzene rings is 3. The van der Waals surface area contributed by atoms with Gasteiger partial charge < -0.3 is 4.98 Å². The van der Waals surface area contributed by atoms with Crippen LogP contribution in [0.1, 0.15) is 28.7 Å². The molecule has 4 rings (SSSR count). The number of hydrogen-bond acceptors (Lipinski definition) is 3. The first-order valence-corrected chi connectivity index (χ1v) is 10.2. The van der Waals surface area contributed by atoms with Crippen molar-refractivity contribution in [3.05, 3.63) is 83.7 Å². The lowest BCUT2D eigenvalue weighted by molar-refractivity contribution is -0.0328. The van der Waals surface area contributed by atoms with Gasteiger partial charge in [-0.15, -0.1) is 0 Å². The Morgan fingerprint density at radius 1 is 1.00 bits per heavy atom. The quantitative estimate of drug-likeness (QED) is 0.264. The summed E-state index contributed by atoms with van der Waals surface area (Å²) in [6, 6.07) is 19.4. The standard InChI is InChI=1S/C24H17F3N2OS/c1-15(30)19-4-2-3-5-20(19)17-9-12-21-22(14-17)29-23(28-21)13-8-16-6-10-18(11-7-16)31-24(25,26)27/h2-14H,1H3,(H,28,29). The largest absolute Gasteiger partial charge is 0.446 e. The molecule has 0 spiro atoms.